The Bertz CT molecular complexity index is 1190. The Morgan fingerprint density at radius 1 is 0.865 bits per heavy atom. The molecule has 1 aliphatic heterocycles. The van der Waals surface area contributed by atoms with Gasteiger partial charge in [0.25, 0.3) is 0 Å². The molecule has 2 aromatic carbocycles. The maximum Gasteiger partial charge on any atom is 0.162 e. The highest BCUT2D eigenvalue weighted by atomic mass is 15.2. The molecule has 0 radical (unpaired) electrons. The van der Waals surface area contributed by atoms with Gasteiger partial charge in [-0.25, -0.2) is 9.97 Å². The van der Waals surface area contributed by atoms with Crippen LogP contribution < -0.4 is 4.90 Å². The van der Waals surface area contributed by atoms with Crippen molar-refractivity contribution in [3.05, 3.63) is 76.0 Å². The van der Waals surface area contributed by atoms with E-state index in [2.05, 4.69) is 80.1 Å². The molecule has 1 saturated heterocycles. The lowest BCUT2D eigenvalue weighted by molar-refractivity contribution is 0.212. The van der Waals surface area contributed by atoms with Gasteiger partial charge in [-0.1, -0.05) is 69.2 Å². The monoisotopic (exact) mass is 496 g/mol. The average Bonchev–Trinajstić information content (AvgIpc) is 3.22. The van der Waals surface area contributed by atoms with Gasteiger partial charge >= 0.3 is 0 Å². The van der Waals surface area contributed by atoms with Crippen molar-refractivity contribution in [2.24, 2.45) is 0 Å². The lowest BCUT2D eigenvalue weighted by Gasteiger charge is -2.35. The molecule has 5 rings (SSSR count). The smallest absolute Gasteiger partial charge is 0.162 e. The zero-order valence-electron chi connectivity index (χ0n) is 23.4. The fourth-order valence-corrected chi connectivity index (χ4v) is 6.50. The Labute approximate surface area is 224 Å². The third-order valence-corrected chi connectivity index (χ3v) is 8.60. The highest BCUT2D eigenvalue weighted by Gasteiger charge is 2.27. The van der Waals surface area contributed by atoms with Crippen LogP contribution in [0.2, 0.25) is 0 Å². The lowest BCUT2D eigenvalue weighted by Crippen LogP contribution is -2.31. The molecule has 0 N–H and O–H groups in total. The molecular formula is C33H44N4. The quantitative estimate of drug-likeness (QED) is 0.340. The van der Waals surface area contributed by atoms with Crippen LogP contribution >= 0.6 is 0 Å². The van der Waals surface area contributed by atoms with Crippen LogP contribution in [0.5, 0.6) is 0 Å². The van der Waals surface area contributed by atoms with Crippen molar-refractivity contribution in [1.29, 1.82) is 0 Å². The van der Waals surface area contributed by atoms with Gasteiger partial charge in [0.1, 0.15) is 5.82 Å². The lowest BCUT2D eigenvalue weighted by atomic mass is 9.87. The van der Waals surface area contributed by atoms with Gasteiger partial charge in [-0.05, 0) is 81.2 Å². The summed E-state index contributed by atoms with van der Waals surface area (Å²) in [5, 5.41) is 0. The van der Waals surface area contributed by atoms with Gasteiger partial charge in [-0.15, -0.1) is 0 Å². The number of anilines is 1. The fraction of sp³-hybridized carbons (Fsp3) is 0.515. The summed E-state index contributed by atoms with van der Waals surface area (Å²) in [5.41, 5.74) is 9.43. The Morgan fingerprint density at radius 3 is 2.27 bits per heavy atom. The average molecular weight is 497 g/mol. The van der Waals surface area contributed by atoms with Crippen LogP contribution in [0, 0.1) is 6.92 Å². The first-order valence-electron chi connectivity index (χ1n) is 14.6. The molecule has 0 amide bonds. The number of aromatic nitrogens is 2. The standard InChI is InChI=1S/C33H44N4/c1-5-25-16-13-17-26(6-2)31(25)32-34-24(3)29(33(35-32)37-21-11-7-8-12-22-37)23-36(4)30-20-14-18-27-15-9-10-19-28(27)30/h9-10,13,15-17,19,30H,5-8,11-12,14,18,20-23H2,1-4H3/t30-/m0/s1. The molecule has 37 heavy (non-hydrogen) atoms. The Kier molecular flexibility index (Phi) is 8.24. The van der Waals surface area contributed by atoms with E-state index < -0.39 is 0 Å². The largest absolute Gasteiger partial charge is 0.356 e. The molecule has 1 fully saturated rings. The molecule has 3 aromatic rings. The topological polar surface area (TPSA) is 32.3 Å². The minimum atomic E-state index is 0.452. The Hall–Kier alpha value is -2.72. The summed E-state index contributed by atoms with van der Waals surface area (Å²) >= 11 is 0. The molecule has 2 aliphatic rings. The molecule has 4 heteroatoms. The number of fused-ring (bicyclic) bond motifs is 1. The van der Waals surface area contributed by atoms with Crippen LogP contribution in [0.3, 0.4) is 0 Å². The first-order chi connectivity index (χ1) is 18.1. The summed E-state index contributed by atoms with van der Waals surface area (Å²) in [4.78, 5) is 15.8. The summed E-state index contributed by atoms with van der Waals surface area (Å²) in [6.07, 6.45) is 10.8. The van der Waals surface area contributed by atoms with Gasteiger partial charge in [0.15, 0.2) is 5.82 Å². The van der Waals surface area contributed by atoms with Crippen molar-refractivity contribution in [1.82, 2.24) is 14.9 Å². The number of rotatable bonds is 7. The van der Waals surface area contributed by atoms with E-state index in [1.807, 2.05) is 0 Å². The first kappa shape index (κ1) is 25.9. The number of hydrogen-bond acceptors (Lipinski definition) is 4. The van der Waals surface area contributed by atoms with Crippen molar-refractivity contribution in [3.63, 3.8) is 0 Å². The zero-order valence-corrected chi connectivity index (χ0v) is 23.4. The van der Waals surface area contributed by atoms with Gasteiger partial charge in [0.2, 0.25) is 0 Å². The second-order valence-corrected chi connectivity index (χ2v) is 11.0. The van der Waals surface area contributed by atoms with Crippen molar-refractivity contribution >= 4 is 5.82 Å². The van der Waals surface area contributed by atoms with E-state index in [0.717, 1.165) is 44.0 Å². The molecule has 0 spiro atoms. The number of benzene rings is 2. The first-order valence-corrected chi connectivity index (χ1v) is 14.6. The van der Waals surface area contributed by atoms with Crippen LogP contribution in [0.15, 0.2) is 42.5 Å². The van der Waals surface area contributed by atoms with E-state index in [-0.39, 0.29) is 0 Å². The summed E-state index contributed by atoms with van der Waals surface area (Å²) in [7, 11) is 2.30. The van der Waals surface area contributed by atoms with Gasteiger partial charge in [0, 0.05) is 42.5 Å². The maximum atomic E-state index is 5.42. The van der Waals surface area contributed by atoms with Gasteiger partial charge in [-0.2, -0.15) is 0 Å². The Morgan fingerprint density at radius 2 is 1.57 bits per heavy atom. The van der Waals surface area contributed by atoms with Crippen molar-refractivity contribution in [2.75, 3.05) is 25.0 Å². The summed E-state index contributed by atoms with van der Waals surface area (Å²) in [5.74, 6) is 2.09. The molecule has 4 nitrogen and oxygen atoms in total. The minimum absolute atomic E-state index is 0.452. The molecule has 196 valence electrons. The third kappa shape index (κ3) is 5.45. The second-order valence-electron chi connectivity index (χ2n) is 11.0. The van der Waals surface area contributed by atoms with Crippen LogP contribution in [-0.4, -0.2) is 35.0 Å². The van der Waals surface area contributed by atoms with Crippen LogP contribution in [0.1, 0.15) is 91.9 Å². The van der Waals surface area contributed by atoms with E-state index >= 15 is 0 Å². The van der Waals surface area contributed by atoms with Crippen molar-refractivity contribution in [3.8, 4) is 11.4 Å². The van der Waals surface area contributed by atoms with Crippen LogP contribution in [0.4, 0.5) is 5.82 Å². The molecule has 2 heterocycles. The Balaban J connectivity index is 1.57. The van der Waals surface area contributed by atoms with Gasteiger partial charge in [0.05, 0.1) is 0 Å². The molecule has 0 saturated carbocycles. The molecule has 1 aromatic heterocycles. The maximum absolute atomic E-state index is 5.42. The summed E-state index contributed by atoms with van der Waals surface area (Å²) in [6.45, 7) is 9.76. The SMILES string of the molecule is CCc1cccc(CC)c1-c1nc(C)c(CN(C)[C@H]2CCCc3ccccc32)c(N2CCCCCC2)n1. The van der Waals surface area contributed by atoms with Gasteiger partial charge in [-0.3, -0.25) is 4.90 Å². The van der Waals surface area contributed by atoms with E-state index in [4.69, 9.17) is 9.97 Å². The number of nitrogens with zero attached hydrogens (tertiary/aromatic N) is 4. The predicted molar refractivity (Wildman–Crippen MR) is 155 cm³/mol. The highest BCUT2D eigenvalue weighted by Crippen LogP contribution is 2.37. The second kappa shape index (κ2) is 11.8. The molecule has 1 atom stereocenters. The molecule has 0 bridgehead atoms. The summed E-state index contributed by atoms with van der Waals surface area (Å²) in [6, 6.07) is 16.2. The highest BCUT2D eigenvalue weighted by molar-refractivity contribution is 5.68. The summed E-state index contributed by atoms with van der Waals surface area (Å²) < 4.78 is 0. The number of aryl methyl sites for hydroxylation is 4. The predicted octanol–water partition coefficient (Wildman–Crippen LogP) is 7.47. The van der Waals surface area contributed by atoms with E-state index in [1.165, 1.54) is 84.1 Å². The zero-order chi connectivity index (χ0) is 25.8. The van der Waals surface area contributed by atoms with Crippen molar-refractivity contribution < 1.29 is 0 Å². The van der Waals surface area contributed by atoms with Crippen LogP contribution in [-0.2, 0) is 25.8 Å². The molecular weight excluding hydrogens is 452 g/mol. The van der Waals surface area contributed by atoms with E-state index in [0.29, 0.717) is 6.04 Å². The third-order valence-electron chi connectivity index (χ3n) is 8.60. The minimum Gasteiger partial charge on any atom is -0.356 e. The molecule has 1 aliphatic carbocycles. The van der Waals surface area contributed by atoms with Crippen LogP contribution in [0.25, 0.3) is 11.4 Å². The fourth-order valence-electron chi connectivity index (χ4n) is 6.50. The number of hydrogen-bond donors (Lipinski definition) is 0. The van der Waals surface area contributed by atoms with E-state index in [9.17, 15) is 0 Å². The van der Waals surface area contributed by atoms with E-state index in [1.54, 1.807) is 0 Å². The molecule has 0 unspecified atom stereocenters. The van der Waals surface area contributed by atoms with Gasteiger partial charge < -0.3 is 4.90 Å². The van der Waals surface area contributed by atoms with Crippen molar-refractivity contribution in [2.45, 2.75) is 91.1 Å². The normalized spacial score (nSPS) is 18.1.